The Bertz CT molecular complexity index is 920. The van der Waals surface area contributed by atoms with Crippen LogP contribution < -0.4 is 16.4 Å². The number of benzene rings is 1. The van der Waals surface area contributed by atoms with Crippen molar-refractivity contribution in [3.63, 3.8) is 0 Å². The summed E-state index contributed by atoms with van der Waals surface area (Å²) in [5.41, 5.74) is 4.71. The first kappa shape index (κ1) is 28.1. The lowest BCUT2D eigenvalue weighted by atomic mass is 9.99. The van der Waals surface area contributed by atoms with Crippen molar-refractivity contribution in [3.05, 3.63) is 35.9 Å². The Kier molecular flexibility index (Phi) is 8.92. The quantitative estimate of drug-likeness (QED) is 0.492. The molecule has 9 nitrogen and oxygen atoms in total. The SMILES string of the molecule is CC1CC1N(C(=O)C(CCC(N)=O)NC(=O)OC(C)(C)C)C(C(=O)NC(C)(C)C)c1ccccc1. The van der Waals surface area contributed by atoms with Gasteiger partial charge in [-0.1, -0.05) is 37.3 Å². The number of amides is 4. The van der Waals surface area contributed by atoms with Crippen LogP contribution in [0.2, 0.25) is 0 Å². The molecular weight excluding hydrogens is 448 g/mol. The number of nitrogens with one attached hydrogen (secondary N) is 2. The van der Waals surface area contributed by atoms with E-state index in [9.17, 15) is 19.2 Å². The van der Waals surface area contributed by atoms with Crippen LogP contribution in [0.4, 0.5) is 4.79 Å². The average molecular weight is 489 g/mol. The van der Waals surface area contributed by atoms with E-state index in [0.717, 1.165) is 6.42 Å². The number of hydrogen-bond acceptors (Lipinski definition) is 5. The molecule has 2 rings (SSSR count). The van der Waals surface area contributed by atoms with Gasteiger partial charge >= 0.3 is 6.09 Å². The molecule has 0 radical (unpaired) electrons. The van der Waals surface area contributed by atoms with E-state index in [0.29, 0.717) is 5.56 Å². The second kappa shape index (κ2) is 11.1. The molecule has 1 saturated carbocycles. The van der Waals surface area contributed by atoms with Crippen molar-refractivity contribution in [2.45, 2.75) is 97.0 Å². The first-order valence-corrected chi connectivity index (χ1v) is 12.1. The second-order valence-corrected chi connectivity index (χ2v) is 11.3. The Balaban J connectivity index is 2.47. The lowest BCUT2D eigenvalue weighted by Gasteiger charge is -2.36. The number of primary amides is 1. The van der Waals surface area contributed by atoms with Crippen molar-refractivity contribution >= 4 is 23.8 Å². The Morgan fingerprint density at radius 2 is 1.66 bits per heavy atom. The third kappa shape index (κ3) is 8.88. The molecule has 0 aliphatic heterocycles. The fourth-order valence-corrected chi connectivity index (χ4v) is 3.86. The number of carbonyl (C=O) groups excluding carboxylic acids is 4. The molecule has 0 aromatic heterocycles. The van der Waals surface area contributed by atoms with E-state index < -0.39 is 41.1 Å². The number of nitrogens with two attached hydrogens (primary N) is 1. The van der Waals surface area contributed by atoms with Gasteiger partial charge in [0.2, 0.25) is 17.7 Å². The Morgan fingerprint density at radius 1 is 1.09 bits per heavy atom. The van der Waals surface area contributed by atoms with E-state index in [4.69, 9.17) is 10.5 Å². The molecule has 1 aliphatic carbocycles. The van der Waals surface area contributed by atoms with Crippen LogP contribution in [0.15, 0.2) is 30.3 Å². The van der Waals surface area contributed by atoms with Gasteiger partial charge in [0.1, 0.15) is 17.7 Å². The van der Waals surface area contributed by atoms with E-state index in [-0.39, 0.29) is 30.7 Å². The van der Waals surface area contributed by atoms with E-state index in [1.165, 1.54) is 0 Å². The van der Waals surface area contributed by atoms with E-state index in [2.05, 4.69) is 10.6 Å². The summed E-state index contributed by atoms with van der Waals surface area (Å²) in [4.78, 5) is 53.2. The molecule has 1 aliphatic rings. The first-order valence-electron chi connectivity index (χ1n) is 12.1. The van der Waals surface area contributed by atoms with E-state index in [1.54, 1.807) is 37.8 Å². The summed E-state index contributed by atoms with van der Waals surface area (Å²) in [7, 11) is 0. The molecule has 1 aromatic carbocycles. The number of ether oxygens (including phenoxy) is 1. The molecule has 4 atom stereocenters. The van der Waals surface area contributed by atoms with Gasteiger partial charge < -0.3 is 26.0 Å². The van der Waals surface area contributed by atoms with Gasteiger partial charge in [-0.3, -0.25) is 14.4 Å². The summed E-state index contributed by atoms with van der Waals surface area (Å²) >= 11 is 0. The Hall–Kier alpha value is -3.10. The Labute approximate surface area is 208 Å². The van der Waals surface area contributed by atoms with Crippen LogP contribution in [0.1, 0.15) is 79.3 Å². The maximum atomic E-state index is 14.0. The lowest BCUT2D eigenvalue weighted by molar-refractivity contribution is -0.144. The zero-order valence-corrected chi connectivity index (χ0v) is 21.9. The highest BCUT2D eigenvalue weighted by Crippen LogP contribution is 2.41. The van der Waals surface area contributed by atoms with Gasteiger partial charge in [0, 0.05) is 18.0 Å². The zero-order chi connectivity index (χ0) is 26.6. The predicted molar refractivity (Wildman–Crippen MR) is 133 cm³/mol. The number of rotatable bonds is 9. The van der Waals surface area contributed by atoms with Gasteiger partial charge in [-0.25, -0.2) is 4.79 Å². The highest BCUT2D eigenvalue weighted by molar-refractivity contribution is 5.93. The monoisotopic (exact) mass is 488 g/mol. The third-order valence-electron chi connectivity index (χ3n) is 5.49. The van der Waals surface area contributed by atoms with Gasteiger partial charge in [-0.15, -0.1) is 0 Å². The molecule has 4 unspecified atom stereocenters. The van der Waals surface area contributed by atoms with Crippen molar-refractivity contribution in [3.8, 4) is 0 Å². The van der Waals surface area contributed by atoms with Crippen molar-refractivity contribution in [1.29, 1.82) is 0 Å². The van der Waals surface area contributed by atoms with E-state index in [1.807, 2.05) is 45.9 Å². The van der Waals surface area contributed by atoms with Crippen LogP contribution >= 0.6 is 0 Å². The maximum Gasteiger partial charge on any atom is 0.408 e. The fourth-order valence-electron chi connectivity index (χ4n) is 3.86. The van der Waals surface area contributed by atoms with Gasteiger partial charge in [0.05, 0.1) is 0 Å². The number of nitrogens with zero attached hydrogens (tertiary/aromatic N) is 1. The van der Waals surface area contributed by atoms with Crippen LogP contribution in [0.5, 0.6) is 0 Å². The molecule has 4 N–H and O–H groups in total. The molecule has 9 heteroatoms. The summed E-state index contributed by atoms with van der Waals surface area (Å²) in [6.45, 7) is 12.8. The third-order valence-corrected chi connectivity index (χ3v) is 5.49. The van der Waals surface area contributed by atoms with Crippen LogP contribution in [-0.4, -0.2) is 51.9 Å². The largest absolute Gasteiger partial charge is 0.444 e. The molecule has 0 saturated heterocycles. The first-order chi connectivity index (χ1) is 16.1. The molecule has 35 heavy (non-hydrogen) atoms. The van der Waals surface area contributed by atoms with Crippen molar-refractivity contribution in [2.75, 3.05) is 0 Å². The molecule has 1 fully saturated rings. The molecule has 4 amide bonds. The fraction of sp³-hybridized carbons (Fsp3) is 0.615. The molecule has 0 bridgehead atoms. The molecule has 0 heterocycles. The molecule has 194 valence electrons. The second-order valence-electron chi connectivity index (χ2n) is 11.3. The highest BCUT2D eigenvalue weighted by atomic mass is 16.6. The number of carbonyl (C=O) groups is 4. The van der Waals surface area contributed by atoms with Crippen LogP contribution in [-0.2, 0) is 19.1 Å². The zero-order valence-electron chi connectivity index (χ0n) is 21.9. The van der Waals surface area contributed by atoms with Crippen molar-refractivity contribution < 1.29 is 23.9 Å². The summed E-state index contributed by atoms with van der Waals surface area (Å²) in [6, 6.07) is 6.90. The Morgan fingerprint density at radius 3 is 2.11 bits per heavy atom. The van der Waals surface area contributed by atoms with Crippen LogP contribution in [0, 0.1) is 5.92 Å². The van der Waals surface area contributed by atoms with Gasteiger partial charge in [-0.05, 0) is 65.9 Å². The minimum atomic E-state index is -1.08. The van der Waals surface area contributed by atoms with Gasteiger partial charge in [0.25, 0.3) is 0 Å². The minimum Gasteiger partial charge on any atom is -0.444 e. The average Bonchev–Trinajstić information content (AvgIpc) is 3.42. The summed E-state index contributed by atoms with van der Waals surface area (Å²) in [6.07, 6.45) is -0.162. The standard InChI is InChI=1S/C26H40N4O5/c1-16-15-19(16)30(21(17-11-9-8-10-12-17)22(32)29-25(2,3)4)23(33)18(13-14-20(27)31)28-24(34)35-26(5,6)7/h8-12,16,18-19,21H,13-15H2,1-7H3,(H2,27,31)(H,28,34)(H,29,32). The highest BCUT2D eigenvalue weighted by Gasteiger charge is 2.48. The van der Waals surface area contributed by atoms with Gasteiger partial charge in [-0.2, -0.15) is 0 Å². The normalized spacial score (nSPS) is 19.2. The minimum absolute atomic E-state index is 0.00654. The lowest BCUT2D eigenvalue weighted by Crippen LogP contribution is -2.55. The van der Waals surface area contributed by atoms with Gasteiger partial charge in [0.15, 0.2) is 0 Å². The number of hydrogen-bond donors (Lipinski definition) is 3. The van der Waals surface area contributed by atoms with Crippen LogP contribution in [0.3, 0.4) is 0 Å². The summed E-state index contributed by atoms with van der Waals surface area (Å²) in [5.74, 6) is -1.18. The summed E-state index contributed by atoms with van der Waals surface area (Å²) < 4.78 is 5.34. The van der Waals surface area contributed by atoms with E-state index >= 15 is 0 Å². The van der Waals surface area contributed by atoms with Crippen LogP contribution in [0.25, 0.3) is 0 Å². The maximum absolute atomic E-state index is 14.0. The van der Waals surface area contributed by atoms with Crippen molar-refractivity contribution in [2.24, 2.45) is 11.7 Å². The molecule has 1 aromatic rings. The summed E-state index contributed by atoms with van der Waals surface area (Å²) in [5, 5.41) is 5.60. The topological polar surface area (TPSA) is 131 Å². The predicted octanol–water partition coefficient (Wildman–Crippen LogP) is 3.04. The smallest absolute Gasteiger partial charge is 0.408 e. The van der Waals surface area contributed by atoms with Crippen molar-refractivity contribution in [1.82, 2.24) is 15.5 Å². The molecular formula is C26H40N4O5. The number of alkyl carbamates (subject to hydrolysis) is 1. The molecule has 0 spiro atoms.